The first kappa shape index (κ1) is 25.8. The third-order valence-corrected chi connectivity index (χ3v) is 8.46. The number of benzene rings is 2. The summed E-state index contributed by atoms with van der Waals surface area (Å²) in [5.74, 6) is -1.07. The number of anilines is 1. The van der Waals surface area contributed by atoms with E-state index in [0.717, 1.165) is 22.3 Å². The van der Waals surface area contributed by atoms with Crippen molar-refractivity contribution in [2.75, 3.05) is 18.4 Å². The van der Waals surface area contributed by atoms with Gasteiger partial charge in [-0.15, -0.1) is 0 Å². The van der Waals surface area contributed by atoms with Gasteiger partial charge in [-0.05, 0) is 87.6 Å². The van der Waals surface area contributed by atoms with Gasteiger partial charge in [0.25, 0.3) is 0 Å². The van der Waals surface area contributed by atoms with Crippen LogP contribution in [-0.2, 0) is 14.8 Å². The Hall–Kier alpha value is -3.30. The Morgan fingerprint density at radius 3 is 2.44 bits per heavy atom. The fourth-order valence-electron chi connectivity index (χ4n) is 4.69. The fraction of sp³-hybridized carbons (Fsp3) is 0.333. The van der Waals surface area contributed by atoms with Crippen LogP contribution in [0.2, 0.25) is 0 Å². The van der Waals surface area contributed by atoms with Crippen molar-refractivity contribution in [3.63, 3.8) is 0 Å². The molecule has 36 heavy (non-hydrogen) atoms. The number of halogens is 1. The van der Waals surface area contributed by atoms with Gasteiger partial charge in [0.05, 0.1) is 5.92 Å². The molecule has 7 nitrogen and oxygen atoms in total. The summed E-state index contributed by atoms with van der Waals surface area (Å²) in [5, 5.41) is 6.68. The molecule has 0 radical (unpaired) electrons. The number of aryl methyl sites for hydroxylation is 4. The lowest BCUT2D eigenvalue weighted by Crippen LogP contribution is -2.43. The average Bonchev–Trinajstić information content (AvgIpc) is 3.21. The molecule has 1 aromatic heterocycles. The van der Waals surface area contributed by atoms with E-state index >= 15 is 0 Å². The minimum Gasteiger partial charge on any atom is -0.355 e. The van der Waals surface area contributed by atoms with Crippen LogP contribution in [0.5, 0.6) is 0 Å². The predicted molar refractivity (Wildman–Crippen MR) is 137 cm³/mol. The zero-order chi connectivity index (χ0) is 26.0. The molecule has 0 saturated carbocycles. The Labute approximate surface area is 211 Å². The molecule has 1 N–H and O–H groups in total. The van der Waals surface area contributed by atoms with E-state index in [4.69, 9.17) is 4.52 Å². The maximum Gasteiger partial charge on any atom is 0.248 e. The van der Waals surface area contributed by atoms with E-state index < -0.39 is 21.8 Å². The van der Waals surface area contributed by atoms with Gasteiger partial charge in [-0.3, -0.25) is 4.79 Å². The van der Waals surface area contributed by atoms with E-state index in [1.54, 1.807) is 13.0 Å². The summed E-state index contributed by atoms with van der Waals surface area (Å²) in [7, 11) is -3.96. The number of carbonyl (C=O) groups is 1. The summed E-state index contributed by atoms with van der Waals surface area (Å²) >= 11 is 0. The molecule has 0 bridgehead atoms. The normalized spacial score (nSPS) is 17.0. The minimum absolute atomic E-state index is 0.0146. The third kappa shape index (κ3) is 5.42. The lowest BCUT2D eigenvalue weighted by molar-refractivity contribution is -0.120. The highest BCUT2D eigenvalue weighted by atomic mass is 32.2. The van der Waals surface area contributed by atoms with Crippen molar-refractivity contribution in [3.05, 3.63) is 75.9 Å². The highest BCUT2D eigenvalue weighted by Gasteiger charge is 2.37. The van der Waals surface area contributed by atoms with Gasteiger partial charge in [-0.1, -0.05) is 28.9 Å². The van der Waals surface area contributed by atoms with Crippen LogP contribution in [0.3, 0.4) is 0 Å². The Morgan fingerprint density at radius 1 is 1.11 bits per heavy atom. The summed E-state index contributed by atoms with van der Waals surface area (Å²) in [5.41, 5.74) is 5.04. The molecule has 9 heteroatoms. The van der Waals surface area contributed by atoms with Crippen LogP contribution in [0.1, 0.15) is 46.5 Å². The molecular formula is C27H30FN3O4S. The highest BCUT2D eigenvalue weighted by molar-refractivity contribution is 7.89. The maximum atomic E-state index is 13.7. The Kier molecular flexibility index (Phi) is 7.42. The lowest BCUT2D eigenvalue weighted by atomic mass is 9.99. The van der Waals surface area contributed by atoms with Crippen LogP contribution < -0.4 is 5.32 Å². The Bertz CT molecular complexity index is 1390. The van der Waals surface area contributed by atoms with Gasteiger partial charge in [-0.25, -0.2) is 12.8 Å². The highest BCUT2D eigenvalue weighted by Crippen LogP contribution is 2.30. The zero-order valence-corrected chi connectivity index (χ0v) is 21.7. The number of hydrogen-bond acceptors (Lipinski definition) is 5. The van der Waals surface area contributed by atoms with E-state index in [1.807, 2.05) is 26.8 Å². The predicted octanol–water partition coefficient (Wildman–Crippen LogP) is 5.26. The molecular weight excluding hydrogens is 481 g/mol. The number of sulfonamides is 1. The van der Waals surface area contributed by atoms with Crippen LogP contribution in [0.25, 0.3) is 12.2 Å². The first-order valence-electron chi connectivity index (χ1n) is 11.8. The Morgan fingerprint density at radius 2 is 1.78 bits per heavy atom. The number of nitrogens with one attached hydrogen (secondary N) is 1. The minimum atomic E-state index is -3.96. The molecule has 1 saturated heterocycles. The van der Waals surface area contributed by atoms with Crippen molar-refractivity contribution < 1.29 is 22.1 Å². The number of amides is 1. The summed E-state index contributed by atoms with van der Waals surface area (Å²) in [6.07, 6.45) is 4.58. The molecule has 3 aromatic rings. The van der Waals surface area contributed by atoms with E-state index in [9.17, 15) is 17.6 Å². The largest absolute Gasteiger partial charge is 0.355 e. The molecule has 2 aromatic carbocycles. The van der Waals surface area contributed by atoms with Crippen LogP contribution >= 0.6 is 0 Å². The van der Waals surface area contributed by atoms with E-state index in [1.165, 1.54) is 28.6 Å². The van der Waals surface area contributed by atoms with Crippen LogP contribution in [0.15, 0.2) is 45.8 Å². The lowest BCUT2D eigenvalue weighted by Gasteiger charge is -2.31. The van der Waals surface area contributed by atoms with Gasteiger partial charge in [0.1, 0.15) is 11.5 Å². The van der Waals surface area contributed by atoms with Gasteiger partial charge >= 0.3 is 0 Å². The second-order valence-electron chi connectivity index (χ2n) is 9.31. The summed E-state index contributed by atoms with van der Waals surface area (Å²) < 4.78 is 47.2. The average molecular weight is 512 g/mol. The van der Waals surface area contributed by atoms with Crippen molar-refractivity contribution in [1.29, 1.82) is 0 Å². The fourth-order valence-corrected chi connectivity index (χ4v) is 6.47. The van der Waals surface area contributed by atoms with Crippen molar-refractivity contribution in [2.45, 2.75) is 45.4 Å². The topological polar surface area (TPSA) is 92.5 Å². The number of carbonyl (C=O) groups excluding carboxylic acids is 1. The van der Waals surface area contributed by atoms with E-state index in [2.05, 4.69) is 22.6 Å². The van der Waals surface area contributed by atoms with Gasteiger partial charge in [0, 0.05) is 18.8 Å². The van der Waals surface area contributed by atoms with Crippen molar-refractivity contribution in [1.82, 2.24) is 9.46 Å². The molecule has 1 amide bonds. The first-order chi connectivity index (χ1) is 17.1. The van der Waals surface area contributed by atoms with Gasteiger partial charge in [0.2, 0.25) is 15.9 Å². The summed E-state index contributed by atoms with van der Waals surface area (Å²) in [6.45, 7) is 7.98. The smallest absolute Gasteiger partial charge is 0.248 e. The number of rotatable bonds is 6. The molecule has 190 valence electrons. The molecule has 2 heterocycles. The number of nitrogens with zero attached hydrogens (tertiary/aromatic N) is 2. The molecule has 1 fully saturated rings. The van der Waals surface area contributed by atoms with Gasteiger partial charge in [0.15, 0.2) is 10.7 Å². The SMILES string of the molecule is Cc1cc(C)c(/C=C/c2onc(C)c2S(=O)(=O)N2CCC[C@@H](C(=O)Nc3ccc(F)cc3)C2)c(C)c1. The molecule has 4 rings (SSSR count). The van der Waals surface area contributed by atoms with Gasteiger partial charge in [-0.2, -0.15) is 4.31 Å². The van der Waals surface area contributed by atoms with Gasteiger partial charge < -0.3 is 9.84 Å². The van der Waals surface area contributed by atoms with Crippen LogP contribution in [0.4, 0.5) is 10.1 Å². The van der Waals surface area contributed by atoms with Crippen molar-refractivity contribution in [2.24, 2.45) is 5.92 Å². The monoisotopic (exact) mass is 511 g/mol. The quantitative estimate of drug-likeness (QED) is 0.488. The molecule has 1 aliphatic heterocycles. The van der Waals surface area contributed by atoms with E-state index in [-0.39, 0.29) is 28.8 Å². The second-order valence-corrected chi connectivity index (χ2v) is 11.2. The van der Waals surface area contributed by atoms with Crippen LogP contribution in [-0.4, -0.2) is 36.9 Å². The standard InChI is InChI=1S/C27H30FN3O4S/c1-17-14-18(2)24(19(3)15-17)11-12-25-26(20(4)30-35-25)36(33,34)31-13-5-6-21(16-31)27(32)29-23-9-7-22(28)8-10-23/h7-12,14-15,21H,5-6,13,16H2,1-4H3,(H,29,32)/b12-11+/t21-/m1/s1. The molecule has 0 unspecified atom stereocenters. The summed E-state index contributed by atoms with van der Waals surface area (Å²) in [4.78, 5) is 12.8. The molecule has 1 aliphatic rings. The number of piperidine rings is 1. The number of aromatic nitrogens is 1. The first-order valence-corrected chi connectivity index (χ1v) is 13.3. The van der Waals surface area contributed by atoms with Crippen molar-refractivity contribution in [3.8, 4) is 0 Å². The summed E-state index contributed by atoms with van der Waals surface area (Å²) in [6, 6.07) is 9.61. The Balaban J connectivity index is 1.56. The zero-order valence-electron chi connectivity index (χ0n) is 20.8. The second kappa shape index (κ2) is 10.4. The third-order valence-electron chi connectivity index (χ3n) is 6.44. The molecule has 1 atom stereocenters. The van der Waals surface area contributed by atoms with Crippen LogP contribution in [0, 0.1) is 39.4 Å². The maximum absolute atomic E-state index is 13.7. The molecule has 0 spiro atoms. The van der Waals surface area contributed by atoms with E-state index in [0.29, 0.717) is 25.1 Å². The van der Waals surface area contributed by atoms with Crippen molar-refractivity contribution >= 4 is 33.8 Å². The molecule has 0 aliphatic carbocycles. The number of hydrogen-bond donors (Lipinski definition) is 1.